The molecule has 134 valence electrons. The second-order valence-electron chi connectivity index (χ2n) is 5.63. The Morgan fingerprint density at radius 3 is 2.42 bits per heavy atom. The molecule has 1 heterocycles. The lowest BCUT2D eigenvalue weighted by Gasteiger charge is -2.23. The number of imide groups is 1. The average Bonchev–Trinajstić information content (AvgIpc) is 2.96. The molecule has 0 aliphatic carbocycles. The van der Waals surface area contributed by atoms with Gasteiger partial charge in [-0.2, -0.15) is 0 Å². The fourth-order valence-corrected chi connectivity index (χ4v) is 2.52. The van der Waals surface area contributed by atoms with Gasteiger partial charge in [-0.25, -0.2) is 18.9 Å². The van der Waals surface area contributed by atoms with Crippen molar-refractivity contribution in [3.05, 3.63) is 66.0 Å². The van der Waals surface area contributed by atoms with Gasteiger partial charge < -0.3 is 15.4 Å². The Morgan fingerprint density at radius 1 is 1.12 bits per heavy atom. The van der Waals surface area contributed by atoms with Crippen LogP contribution in [0, 0.1) is 5.82 Å². The van der Waals surface area contributed by atoms with Crippen LogP contribution in [0.1, 0.15) is 11.6 Å². The van der Waals surface area contributed by atoms with E-state index in [0.717, 1.165) is 4.90 Å². The van der Waals surface area contributed by atoms with Gasteiger partial charge in [0.05, 0.1) is 12.6 Å². The number of benzene rings is 2. The van der Waals surface area contributed by atoms with Crippen molar-refractivity contribution >= 4 is 23.7 Å². The van der Waals surface area contributed by atoms with Crippen LogP contribution in [0.3, 0.4) is 0 Å². The van der Waals surface area contributed by atoms with Crippen molar-refractivity contribution in [2.24, 2.45) is 0 Å². The number of amides is 4. The molecule has 0 radical (unpaired) electrons. The van der Waals surface area contributed by atoms with Crippen LogP contribution >= 0.6 is 0 Å². The SMILES string of the molecule is O=C(Nc1ccc(F)cc1)NC(CN1C(=O)COC1=O)c1ccccc1. The maximum atomic E-state index is 12.9. The summed E-state index contributed by atoms with van der Waals surface area (Å²) in [6, 6.07) is 13.0. The summed E-state index contributed by atoms with van der Waals surface area (Å²) in [7, 11) is 0. The van der Waals surface area contributed by atoms with E-state index in [9.17, 15) is 18.8 Å². The van der Waals surface area contributed by atoms with Crippen LogP contribution in [-0.4, -0.2) is 36.1 Å². The van der Waals surface area contributed by atoms with Crippen LogP contribution < -0.4 is 10.6 Å². The zero-order valence-electron chi connectivity index (χ0n) is 13.6. The number of rotatable bonds is 5. The van der Waals surface area contributed by atoms with Crippen LogP contribution in [-0.2, 0) is 9.53 Å². The maximum Gasteiger partial charge on any atom is 0.417 e. The standard InChI is InChI=1S/C18H16FN3O4/c19-13-6-8-14(9-7-13)20-17(24)21-15(12-4-2-1-3-5-12)10-22-16(23)11-26-18(22)25/h1-9,15H,10-11H2,(H2,20,21,24). The fraction of sp³-hybridized carbons (Fsp3) is 0.167. The quantitative estimate of drug-likeness (QED) is 0.861. The van der Waals surface area contributed by atoms with E-state index in [-0.39, 0.29) is 13.2 Å². The highest BCUT2D eigenvalue weighted by molar-refractivity contribution is 5.98. The van der Waals surface area contributed by atoms with Crippen molar-refractivity contribution in [2.45, 2.75) is 6.04 Å². The van der Waals surface area contributed by atoms with Crippen LogP contribution in [0.5, 0.6) is 0 Å². The Balaban J connectivity index is 1.73. The van der Waals surface area contributed by atoms with E-state index in [0.29, 0.717) is 11.3 Å². The number of halogens is 1. The van der Waals surface area contributed by atoms with E-state index in [1.807, 2.05) is 6.07 Å². The highest BCUT2D eigenvalue weighted by Gasteiger charge is 2.33. The summed E-state index contributed by atoms with van der Waals surface area (Å²) >= 11 is 0. The number of nitrogens with one attached hydrogen (secondary N) is 2. The summed E-state index contributed by atoms with van der Waals surface area (Å²) in [4.78, 5) is 36.7. The number of cyclic esters (lactones) is 1. The molecule has 1 aliphatic rings. The minimum absolute atomic E-state index is 0.0570. The van der Waals surface area contributed by atoms with E-state index in [4.69, 9.17) is 4.74 Å². The number of urea groups is 1. The van der Waals surface area contributed by atoms with Gasteiger partial charge in [0.2, 0.25) is 0 Å². The summed E-state index contributed by atoms with van der Waals surface area (Å²) in [5.41, 5.74) is 1.13. The summed E-state index contributed by atoms with van der Waals surface area (Å²) in [5, 5.41) is 5.30. The van der Waals surface area contributed by atoms with Crippen molar-refractivity contribution in [1.82, 2.24) is 10.2 Å². The minimum atomic E-state index is -0.739. The zero-order chi connectivity index (χ0) is 18.5. The second kappa shape index (κ2) is 7.64. The van der Waals surface area contributed by atoms with Gasteiger partial charge in [-0.1, -0.05) is 30.3 Å². The molecular formula is C18H16FN3O4. The van der Waals surface area contributed by atoms with Crippen LogP contribution in [0.4, 0.5) is 19.7 Å². The molecule has 26 heavy (non-hydrogen) atoms. The first kappa shape index (κ1) is 17.4. The molecule has 0 spiro atoms. The lowest BCUT2D eigenvalue weighted by molar-refractivity contribution is -0.126. The third-order valence-corrected chi connectivity index (χ3v) is 3.82. The smallest absolute Gasteiger partial charge is 0.417 e. The largest absolute Gasteiger partial charge is 0.439 e. The molecule has 3 rings (SSSR count). The number of carbonyl (C=O) groups is 3. The molecule has 1 atom stereocenters. The van der Waals surface area contributed by atoms with E-state index >= 15 is 0 Å². The normalized spacial score (nSPS) is 14.7. The van der Waals surface area contributed by atoms with Crippen LogP contribution in [0.25, 0.3) is 0 Å². The summed E-state index contributed by atoms with van der Waals surface area (Å²) in [6.45, 7) is -0.360. The van der Waals surface area contributed by atoms with E-state index in [1.165, 1.54) is 24.3 Å². The van der Waals surface area contributed by atoms with Gasteiger partial charge in [-0.3, -0.25) is 4.79 Å². The molecule has 7 nitrogen and oxygen atoms in total. The average molecular weight is 357 g/mol. The predicted octanol–water partition coefficient (Wildman–Crippen LogP) is 2.67. The second-order valence-corrected chi connectivity index (χ2v) is 5.63. The molecule has 2 aromatic rings. The minimum Gasteiger partial charge on any atom is -0.439 e. The topological polar surface area (TPSA) is 87.7 Å². The number of carbonyl (C=O) groups excluding carboxylic acids is 3. The summed E-state index contributed by atoms with van der Waals surface area (Å²) in [6.07, 6.45) is -0.739. The first-order valence-corrected chi connectivity index (χ1v) is 7.88. The van der Waals surface area contributed by atoms with Gasteiger partial charge in [0, 0.05) is 5.69 Å². The van der Waals surface area contributed by atoms with Crippen molar-refractivity contribution in [3.8, 4) is 0 Å². The summed E-state index contributed by atoms with van der Waals surface area (Å²) in [5.74, 6) is -0.874. The molecule has 2 N–H and O–H groups in total. The Morgan fingerprint density at radius 2 is 1.81 bits per heavy atom. The molecule has 2 aromatic carbocycles. The van der Waals surface area contributed by atoms with Gasteiger partial charge in [0.1, 0.15) is 5.82 Å². The first-order chi connectivity index (χ1) is 12.5. The first-order valence-electron chi connectivity index (χ1n) is 7.88. The number of nitrogens with zero attached hydrogens (tertiary/aromatic N) is 1. The zero-order valence-corrected chi connectivity index (χ0v) is 13.6. The molecule has 0 aromatic heterocycles. The van der Waals surface area contributed by atoms with Gasteiger partial charge in [0.25, 0.3) is 5.91 Å². The third-order valence-electron chi connectivity index (χ3n) is 3.82. The molecule has 4 amide bonds. The maximum absolute atomic E-state index is 12.9. The van der Waals surface area contributed by atoms with Crippen LogP contribution in [0.2, 0.25) is 0 Å². The van der Waals surface area contributed by atoms with Crippen LogP contribution in [0.15, 0.2) is 54.6 Å². The van der Waals surface area contributed by atoms with Crippen molar-refractivity contribution in [1.29, 1.82) is 0 Å². The summed E-state index contributed by atoms with van der Waals surface area (Å²) < 4.78 is 17.6. The Bertz CT molecular complexity index is 795. The Kier molecular flexibility index (Phi) is 5.12. The predicted molar refractivity (Wildman–Crippen MR) is 90.8 cm³/mol. The number of ether oxygens (including phenoxy) is 1. The lowest BCUT2D eigenvalue weighted by atomic mass is 10.1. The molecule has 8 heteroatoms. The molecule has 1 aliphatic heterocycles. The molecular weight excluding hydrogens is 341 g/mol. The van der Waals surface area contributed by atoms with Crippen molar-refractivity contribution in [2.75, 3.05) is 18.5 Å². The van der Waals surface area contributed by atoms with Gasteiger partial charge >= 0.3 is 12.1 Å². The molecule has 0 bridgehead atoms. The number of hydrogen-bond acceptors (Lipinski definition) is 4. The highest BCUT2D eigenvalue weighted by atomic mass is 19.1. The highest BCUT2D eigenvalue weighted by Crippen LogP contribution is 2.18. The van der Waals surface area contributed by atoms with Gasteiger partial charge in [-0.15, -0.1) is 0 Å². The van der Waals surface area contributed by atoms with E-state index in [2.05, 4.69) is 10.6 Å². The number of anilines is 1. The molecule has 1 unspecified atom stereocenters. The number of hydrogen-bond donors (Lipinski definition) is 2. The van der Waals surface area contributed by atoms with Crippen molar-refractivity contribution in [3.63, 3.8) is 0 Å². The molecule has 0 saturated carbocycles. The fourth-order valence-electron chi connectivity index (χ4n) is 2.52. The van der Waals surface area contributed by atoms with Gasteiger partial charge in [-0.05, 0) is 29.8 Å². The van der Waals surface area contributed by atoms with Gasteiger partial charge in [0.15, 0.2) is 6.61 Å². The Labute approximate surface area is 148 Å². The van der Waals surface area contributed by atoms with E-state index in [1.54, 1.807) is 24.3 Å². The molecule has 1 saturated heterocycles. The third kappa shape index (κ3) is 4.15. The van der Waals surface area contributed by atoms with Crippen molar-refractivity contribution < 1.29 is 23.5 Å². The molecule has 1 fully saturated rings. The Hall–Kier alpha value is -3.42. The lowest BCUT2D eigenvalue weighted by Crippen LogP contribution is -2.41. The van der Waals surface area contributed by atoms with E-state index < -0.39 is 29.9 Å². The monoisotopic (exact) mass is 357 g/mol.